The Bertz CT molecular complexity index is 651. The monoisotopic (exact) mass is 402 g/mol. The molecule has 2 N–H and O–H groups in total. The van der Waals surface area contributed by atoms with Crippen LogP contribution in [0, 0.1) is 35.5 Å². The van der Waals surface area contributed by atoms with Crippen LogP contribution in [0.3, 0.4) is 0 Å². The Morgan fingerprint density at radius 3 is 2.76 bits per heavy atom. The molecule has 162 valence electrons. The Balaban J connectivity index is 1.83. The van der Waals surface area contributed by atoms with Crippen LogP contribution in [0.5, 0.6) is 0 Å². The van der Waals surface area contributed by atoms with Gasteiger partial charge in [-0.25, -0.2) is 0 Å². The molecule has 0 bridgehead atoms. The summed E-state index contributed by atoms with van der Waals surface area (Å²) >= 11 is 0. The molecule has 29 heavy (non-hydrogen) atoms. The number of ether oxygens (including phenoxy) is 1. The molecule has 2 saturated carbocycles. The van der Waals surface area contributed by atoms with E-state index in [-0.39, 0.29) is 30.0 Å². The summed E-state index contributed by atoms with van der Waals surface area (Å²) < 4.78 is 5.17. The summed E-state index contributed by atoms with van der Waals surface area (Å²) in [6, 6.07) is 0. The molecule has 0 aromatic carbocycles. The van der Waals surface area contributed by atoms with Crippen molar-refractivity contribution in [2.45, 2.75) is 91.0 Å². The predicted molar refractivity (Wildman–Crippen MR) is 116 cm³/mol. The lowest BCUT2D eigenvalue weighted by Gasteiger charge is -2.19. The maximum absolute atomic E-state index is 11.6. The molecule has 0 aromatic rings. The van der Waals surface area contributed by atoms with E-state index in [2.05, 4.69) is 17.9 Å². The molecule has 6 unspecified atom stereocenters. The van der Waals surface area contributed by atoms with Gasteiger partial charge in [-0.2, -0.15) is 0 Å². The van der Waals surface area contributed by atoms with E-state index in [1.807, 2.05) is 39.8 Å². The Morgan fingerprint density at radius 2 is 2.07 bits per heavy atom. The number of rotatable bonds is 9. The molecule has 4 nitrogen and oxygen atoms in total. The molecule has 6 atom stereocenters. The molecule has 0 heterocycles. The van der Waals surface area contributed by atoms with E-state index in [1.165, 1.54) is 5.57 Å². The van der Waals surface area contributed by atoms with Crippen molar-refractivity contribution < 1.29 is 19.7 Å². The van der Waals surface area contributed by atoms with Gasteiger partial charge in [-0.1, -0.05) is 30.7 Å². The molecule has 4 heteroatoms. The molecular weight excluding hydrogens is 364 g/mol. The van der Waals surface area contributed by atoms with Gasteiger partial charge < -0.3 is 14.9 Å². The van der Waals surface area contributed by atoms with Crippen molar-refractivity contribution >= 4 is 5.97 Å². The molecule has 2 rings (SSSR count). The highest BCUT2D eigenvalue weighted by atomic mass is 16.5. The quantitative estimate of drug-likeness (QED) is 0.259. The SMILES string of the molecule is CC#CCC(C)C(O)C=CC1C(O)CC2CC(=CCCCC(=O)OC(C)C)CC21. The van der Waals surface area contributed by atoms with E-state index in [4.69, 9.17) is 4.74 Å². The second kappa shape index (κ2) is 11.6. The fourth-order valence-electron chi connectivity index (χ4n) is 4.63. The average Bonchev–Trinajstić information content (AvgIpc) is 3.17. The van der Waals surface area contributed by atoms with E-state index in [9.17, 15) is 15.0 Å². The number of aliphatic hydroxyl groups excluding tert-OH is 2. The van der Waals surface area contributed by atoms with Crippen molar-refractivity contribution in [2.75, 3.05) is 0 Å². The lowest BCUT2D eigenvalue weighted by molar-refractivity contribution is -0.147. The van der Waals surface area contributed by atoms with Gasteiger partial charge in [0.2, 0.25) is 0 Å². The number of carbonyl (C=O) groups is 1. The van der Waals surface area contributed by atoms with Crippen LogP contribution in [0.1, 0.15) is 72.6 Å². The van der Waals surface area contributed by atoms with E-state index in [0.717, 1.165) is 32.1 Å². The zero-order valence-electron chi connectivity index (χ0n) is 18.4. The minimum atomic E-state index is -0.524. The van der Waals surface area contributed by atoms with Crippen molar-refractivity contribution in [3.05, 3.63) is 23.8 Å². The molecule has 0 spiro atoms. The van der Waals surface area contributed by atoms with Crippen molar-refractivity contribution in [1.29, 1.82) is 0 Å². The predicted octanol–water partition coefficient (Wildman–Crippen LogP) is 4.41. The van der Waals surface area contributed by atoms with Crippen LogP contribution in [0.4, 0.5) is 0 Å². The second-order valence-corrected chi connectivity index (χ2v) is 8.99. The fraction of sp³-hybridized carbons (Fsp3) is 0.720. The highest BCUT2D eigenvalue weighted by Crippen LogP contribution is 2.50. The first-order valence-electron chi connectivity index (χ1n) is 11.1. The van der Waals surface area contributed by atoms with Crippen LogP contribution < -0.4 is 0 Å². The van der Waals surface area contributed by atoms with E-state index >= 15 is 0 Å². The Morgan fingerprint density at radius 1 is 1.31 bits per heavy atom. The lowest BCUT2D eigenvalue weighted by atomic mass is 9.89. The Hall–Kier alpha value is -1.57. The number of unbranched alkanes of at least 4 members (excludes halogenated alkanes) is 1. The van der Waals surface area contributed by atoms with Crippen molar-refractivity contribution in [3.8, 4) is 11.8 Å². The maximum atomic E-state index is 11.6. The van der Waals surface area contributed by atoms with Gasteiger partial charge in [-0.3, -0.25) is 4.79 Å². The minimum Gasteiger partial charge on any atom is -0.463 e. The third-order valence-corrected chi connectivity index (χ3v) is 6.21. The first-order valence-corrected chi connectivity index (χ1v) is 11.1. The molecule has 0 saturated heterocycles. The number of hydrogen-bond donors (Lipinski definition) is 2. The van der Waals surface area contributed by atoms with Crippen LogP contribution >= 0.6 is 0 Å². The number of hydrogen-bond acceptors (Lipinski definition) is 4. The van der Waals surface area contributed by atoms with E-state index < -0.39 is 6.10 Å². The van der Waals surface area contributed by atoms with E-state index in [1.54, 1.807) is 0 Å². The van der Waals surface area contributed by atoms with Gasteiger partial charge in [0.05, 0.1) is 18.3 Å². The molecule has 0 aliphatic heterocycles. The molecule has 0 aromatic heterocycles. The van der Waals surface area contributed by atoms with Crippen molar-refractivity contribution in [2.24, 2.45) is 23.7 Å². The number of carbonyl (C=O) groups excluding carboxylic acids is 1. The van der Waals surface area contributed by atoms with Crippen molar-refractivity contribution in [3.63, 3.8) is 0 Å². The van der Waals surface area contributed by atoms with Gasteiger partial charge in [0.25, 0.3) is 0 Å². The van der Waals surface area contributed by atoms with Crippen LogP contribution in [0.25, 0.3) is 0 Å². The average molecular weight is 403 g/mol. The third kappa shape index (κ3) is 7.32. The molecule has 0 radical (unpaired) electrons. The Kier molecular flexibility index (Phi) is 9.46. The third-order valence-electron chi connectivity index (χ3n) is 6.21. The summed E-state index contributed by atoms with van der Waals surface area (Å²) in [5.41, 5.74) is 1.45. The van der Waals surface area contributed by atoms with Crippen molar-refractivity contribution in [1.82, 2.24) is 0 Å². The van der Waals surface area contributed by atoms with Gasteiger partial charge in [0.15, 0.2) is 0 Å². The molecular formula is C25H38O4. The summed E-state index contributed by atoms with van der Waals surface area (Å²) in [6.07, 6.45) is 11.1. The first kappa shape index (κ1) is 23.7. The number of aliphatic hydroxyl groups is 2. The van der Waals surface area contributed by atoms with E-state index in [0.29, 0.717) is 24.7 Å². The number of esters is 1. The van der Waals surface area contributed by atoms with Gasteiger partial charge in [0, 0.05) is 18.8 Å². The zero-order valence-corrected chi connectivity index (χ0v) is 18.4. The molecule has 2 aliphatic rings. The van der Waals surface area contributed by atoms with Crippen LogP contribution in [0.15, 0.2) is 23.8 Å². The smallest absolute Gasteiger partial charge is 0.306 e. The molecule has 2 fully saturated rings. The standard InChI is InChI=1S/C25H38O4/c1-5-6-9-18(4)23(26)13-12-21-22-15-19(14-20(22)16-24(21)27)10-7-8-11-25(28)29-17(2)3/h10,12-13,17-18,20-24,26-27H,7-9,11,14-16H2,1-4H3. The highest BCUT2D eigenvalue weighted by molar-refractivity contribution is 5.69. The lowest BCUT2D eigenvalue weighted by Crippen LogP contribution is -2.19. The van der Waals surface area contributed by atoms with Crippen LogP contribution in [-0.2, 0) is 9.53 Å². The number of allylic oxidation sites excluding steroid dienone is 2. The fourth-order valence-corrected chi connectivity index (χ4v) is 4.63. The summed E-state index contributed by atoms with van der Waals surface area (Å²) in [6.45, 7) is 7.55. The van der Waals surface area contributed by atoms with Crippen LogP contribution in [0.2, 0.25) is 0 Å². The summed E-state index contributed by atoms with van der Waals surface area (Å²) in [7, 11) is 0. The summed E-state index contributed by atoms with van der Waals surface area (Å²) in [4.78, 5) is 11.6. The highest BCUT2D eigenvalue weighted by Gasteiger charge is 2.44. The topological polar surface area (TPSA) is 66.8 Å². The maximum Gasteiger partial charge on any atom is 0.306 e. The van der Waals surface area contributed by atoms with Gasteiger partial charge in [0.1, 0.15) is 0 Å². The van der Waals surface area contributed by atoms with Gasteiger partial charge in [-0.05, 0) is 70.6 Å². The summed E-state index contributed by atoms with van der Waals surface area (Å²) in [5.74, 6) is 6.96. The molecule has 2 aliphatic carbocycles. The minimum absolute atomic E-state index is 0.0486. The van der Waals surface area contributed by atoms with Gasteiger partial charge in [-0.15, -0.1) is 11.8 Å². The van der Waals surface area contributed by atoms with Gasteiger partial charge >= 0.3 is 5.97 Å². The largest absolute Gasteiger partial charge is 0.463 e. The first-order chi connectivity index (χ1) is 13.8. The van der Waals surface area contributed by atoms with Crippen LogP contribution in [-0.4, -0.2) is 34.5 Å². The molecule has 0 amide bonds. The normalized spacial score (nSPS) is 29.7. The zero-order chi connectivity index (χ0) is 21.4. The summed E-state index contributed by atoms with van der Waals surface area (Å²) in [5, 5.41) is 20.8. The Labute approximate surface area is 176 Å². The second-order valence-electron chi connectivity index (χ2n) is 8.99. The number of fused-ring (bicyclic) bond motifs is 1.